The van der Waals surface area contributed by atoms with Crippen LogP contribution < -0.4 is 10.6 Å². The Morgan fingerprint density at radius 2 is 2.00 bits per heavy atom. The summed E-state index contributed by atoms with van der Waals surface area (Å²) < 4.78 is 0. The van der Waals surface area contributed by atoms with Crippen LogP contribution in [0.5, 0.6) is 0 Å². The van der Waals surface area contributed by atoms with Gasteiger partial charge in [0.2, 0.25) is 0 Å². The number of nitrogens with zero attached hydrogens (tertiary/aromatic N) is 2. The van der Waals surface area contributed by atoms with Crippen LogP contribution in [-0.4, -0.2) is 17.0 Å². The standard InChI is InChI=1S/C12H13N3O/c1-15(9-10-5-3-2-4-6-10)11-7-8-13-12(16)14-11/h2-8H,9H2,1H3,(H,13,14,16). The molecule has 0 aliphatic carbocycles. The fourth-order valence-corrected chi connectivity index (χ4v) is 1.52. The zero-order chi connectivity index (χ0) is 11.4. The van der Waals surface area contributed by atoms with Gasteiger partial charge in [-0.05, 0) is 11.6 Å². The van der Waals surface area contributed by atoms with Crippen LogP contribution in [0.15, 0.2) is 47.4 Å². The van der Waals surface area contributed by atoms with E-state index in [1.807, 2.05) is 30.1 Å². The molecular formula is C12H13N3O. The third-order valence-electron chi connectivity index (χ3n) is 2.33. The summed E-state index contributed by atoms with van der Waals surface area (Å²) in [5.41, 5.74) is 0.875. The van der Waals surface area contributed by atoms with Crippen LogP contribution in [0.2, 0.25) is 0 Å². The van der Waals surface area contributed by atoms with Crippen molar-refractivity contribution in [3.8, 4) is 0 Å². The topological polar surface area (TPSA) is 49.0 Å². The van der Waals surface area contributed by atoms with Crippen molar-refractivity contribution in [2.24, 2.45) is 0 Å². The van der Waals surface area contributed by atoms with Crippen LogP contribution in [0.1, 0.15) is 5.56 Å². The SMILES string of the molecule is CN(Cc1ccccc1)c1ccnc(=O)[nH]1. The maximum Gasteiger partial charge on any atom is 0.346 e. The highest BCUT2D eigenvalue weighted by Gasteiger charge is 2.02. The van der Waals surface area contributed by atoms with Crippen LogP contribution in [0, 0.1) is 0 Å². The molecule has 0 unspecified atom stereocenters. The van der Waals surface area contributed by atoms with Gasteiger partial charge in [0, 0.05) is 19.8 Å². The average Bonchev–Trinajstić information content (AvgIpc) is 2.30. The van der Waals surface area contributed by atoms with E-state index in [0.717, 1.165) is 12.4 Å². The van der Waals surface area contributed by atoms with E-state index in [0.29, 0.717) is 0 Å². The minimum absolute atomic E-state index is 0.322. The molecule has 0 fully saturated rings. The Balaban J connectivity index is 2.15. The zero-order valence-electron chi connectivity index (χ0n) is 9.05. The highest BCUT2D eigenvalue weighted by atomic mass is 16.1. The Morgan fingerprint density at radius 3 is 2.69 bits per heavy atom. The molecular weight excluding hydrogens is 202 g/mol. The maximum absolute atomic E-state index is 11.1. The van der Waals surface area contributed by atoms with Gasteiger partial charge in [-0.2, -0.15) is 0 Å². The summed E-state index contributed by atoms with van der Waals surface area (Å²) in [5.74, 6) is 0.767. The third kappa shape index (κ3) is 2.48. The number of rotatable bonds is 3. The van der Waals surface area contributed by atoms with Gasteiger partial charge < -0.3 is 4.90 Å². The van der Waals surface area contributed by atoms with Gasteiger partial charge in [-0.15, -0.1) is 0 Å². The molecule has 0 atom stereocenters. The summed E-state index contributed by atoms with van der Waals surface area (Å²) >= 11 is 0. The van der Waals surface area contributed by atoms with Crippen LogP contribution in [-0.2, 0) is 6.54 Å². The smallest absolute Gasteiger partial charge is 0.346 e. The van der Waals surface area contributed by atoms with Crippen molar-refractivity contribution >= 4 is 5.82 Å². The highest BCUT2D eigenvalue weighted by Crippen LogP contribution is 2.09. The minimum Gasteiger partial charge on any atom is -0.357 e. The monoisotopic (exact) mass is 215 g/mol. The molecule has 2 rings (SSSR count). The quantitative estimate of drug-likeness (QED) is 0.842. The Bertz CT molecular complexity index is 507. The second-order valence-corrected chi connectivity index (χ2v) is 3.60. The number of H-pyrrole nitrogens is 1. The zero-order valence-corrected chi connectivity index (χ0v) is 9.05. The van der Waals surface area contributed by atoms with Crippen LogP contribution in [0.3, 0.4) is 0 Å². The highest BCUT2D eigenvalue weighted by molar-refractivity contribution is 5.36. The maximum atomic E-state index is 11.1. The first-order valence-electron chi connectivity index (χ1n) is 5.06. The number of aromatic amines is 1. The average molecular weight is 215 g/mol. The predicted molar refractivity (Wildman–Crippen MR) is 63.4 cm³/mol. The van der Waals surface area contributed by atoms with Gasteiger partial charge in [0.25, 0.3) is 0 Å². The number of aromatic nitrogens is 2. The van der Waals surface area contributed by atoms with Crippen molar-refractivity contribution in [1.29, 1.82) is 0 Å². The Hall–Kier alpha value is -2.10. The van der Waals surface area contributed by atoms with Crippen molar-refractivity contribution in [2.75, 3.05) is 11.9 Å². The third-order valence-corrected chi connectivity index (χ3v) is 2.33. The van der Waals surface area contributed by atoms with Crippen molar-refractivity contribution in [3.63, 3.8) is 0 Å². The fourth-order valence-electron chi connectivity index (χ4n) is 1.52. The van der Waals surface area contributed by atoms with Gasteiger partial charge >= 0.3 is 5.69 Å². The molecule has 1 aromatic heterocycles. The summed E-state index contributed by atoms with van der Waals surface area (Å²) in [6.45, 7) is 0.751. The molecule has 1 N–H and O–H groups in total. The van der Waals surface area contributed by atoms with Gasteiger partial charge in [0.15, 0.2) is 0 Å². The summed E-state index contributed by atoms with van der Waals surface area (Å²) in [5, 5.41) is 0. The van der Waals surface area contributed by atoms with Crippen molar-refractivity contribution in [1.82, 2.24) is 9.97 Å². The summed E-state index contributed by atoms with van der Waals surface area (Å²) in [6.07, 6.45) is 1.51. The van der Waals surface area contributed by atoms with Gasteiger partial charge in [-0.1, -0.05) is 30.3 Å². The van der Waals surface area contributed by atoms with E-state index in [4.69, 9.17) is 0 Å². The van der Waals surface area contributed by atoms with E-state index in [1.54, 1.807) is 6.07 Å². The lowest BCUT2D eigenvalue weighted by Crippen LogP contribution is -2.21. The molecule has 0 radical (unpaired) electrons. The van der Waals surface area contributed by atoms with E-state index in [9.17, 15) is 4.79 Å². The van der Waals surface area contributed by atoms with E-state index < -0.39 is 0 Å². The number of benzene rings is 1. The molecule has 82 valence electrons. The minimum atomic E-state index is -0.322. The Kier molecular flexibility index (Phi) is 3.00. The van der Waals surface area contributed by atoms with Crippen LogP contribution in [0.4, 0.5) is 5.82 Å². The Morgan fingerprint density at radius 1 is 1.25 bits per heavy atom. The van der Waals surface area contributed by atoms with Gasteiger partial charge in [0.1, 0.15) is 5.82 Å². The van der Waals surface area contributed by atoms with Crippen LogP contribution in [0.25, 0.3) is 0 Å². The van der Waals surface area contributed by atoms with Crippen molar-refractivity contribution in [2.45, 2.75) is 6.54 Å². The second kappa shape index (κ2) is 4.61. The molecule has 0 bridgehead atoms. The molecule has 1 heterocycles. The first-order chi connectivity index (χ1) is 7.75. The lowest BCUT2D eigenvalue weighted by atomic mass is 10.2. The summed E-state index contributed by atoms with van der Waals surface area (Å²) in [7, 11) is 1.93. The normalized spacial score (nSPS) is 10.1. The number of hydrogen-bond donors (Lipinski definition) is 1. The van der Waals surface area contributed by atoms with E-state index in [1.165, 1.54) is 11.8 Å². The summed E-state index contributed by atoms with van der Waals surface area (Å²) in [4.78, 5) is 19.3. The molecule has 4 nitrogen and oxygen atoms in total. The molecule has 0 aliphatic rings. The number of anilines is 1. The van der Waals surface area contributed by atoms with E-state index >= 15 is 0 Å². The molecule has 0 saturated carbocycles. The lowest BCUT2D eigenvalue weighted by molar-refractivity contribution is 0.880. The van der Waals surface area contributed by atoms with Crippen molar-refractivity contribution < 1.29 is 0 Å². The molecule has 2 aromatic rings. The number of hydrogen-bond acceptors (Lipinski definition) is 3. The molecule has 0 aliphatic heterocycles. The molecule has 1 aromatic carbocycles. The Labute approximate surface area is 93.6 Å². The fraction of sp³-hybridized carbons (Fsp3) is 0.167. The van der Waals surface area contributed by atoms with E-state index in [-0.39, 0.29) is 5.69 Å². The van der Waals surface area contributed by atoms with E-state index in [2.05, 4.69) is 22.1 Å². The van der Waals surface area contributed by atoms with Gasteiger partial charge in [-0.25, -0.2) is 9.78 Å². The van der Waals surface area contributed by atoms with Gasteiger partial charge in [0.05, 0.1) is 0 Å². The summed E-state index contributed by atoms with van der Waals surface area (Å²) in [6, 6.07) is 11.9. The van der Waals surface area contributed by atoms with Crippen molar-refractivity contribution in [3.05, 3.63) is 58.6 Å². The molecule has 0 spiro atoms. The largest absolute Gasteiger partial charge is 0.357 e. The first kappa shape index (κ1) is 10.4. The number of nitrogens with one attached hydrogen (secondary N) is 1. The molecule has 0 amide bonds. The molecule has 16 heavy (non-hydrogen) atoms. The van der Waals surface area contributed by atoms with Gasteiger partial charge in [-0.3, -0.25) is 4.98 Å². The molecule has 0 saturated heterocycles. The second-order valence-electron chi connectivity index (χ2n) is 3.60. The lowest BCUT2D eigenvalue weighted by Gasteiger charge is -2.18. The first-order valence-corrected chi connectivity index (χ1v) is 5.06. The van der Waals surface area contributed by atoms with Crippen LogP contribution >= 0.6 is 0 Å². The molecule has 4 heteroatoms. The predicted octanol–water partition coefficient (Wildman–Crippen LogP) is 1.41.